The van der Waals surface area contributed by atoms with Crippen molar-refractivity contribution in [3.63, 3.8) is 0 Å². The molecule has 1 fully saturated rings. The molecule has 3 N–H and O–H groups in total. The first-order valence-corrected chi connectivity index (χ1v) is 6.35. The van der Waals surface area contributed by atoms with Gasteiger partial charge in [-0.15, -0.1) is 0 Å². The minimum atomic E-state index is -0.370. The average Bonchev–Trinajstić information content (AvgIpc) is 2.34. The fourth-order valence-electron chi connectivity index (χ4n) is 2.42. The molecule has 2 rings (SSSR count). The summed E-state index contributed by atoms with van der Waals surface area (Å²) < 4.78 is 0. The second-order valence-electron chi connectivity index (χ2n) is 4.96. The Balaban J connectivity index is 2.17. The number of nitrogens with two attached hydrogens (primary N) is 1. The number of non-ortho nitro benzene ring substituents is 1. The molecule has 1 aliphatic rings. The van der Waals surface area contributed by atoms with Gasteiger partial charge in [-0.1, -0.05) is 18.9 Å². The summed E-state index contributed by atoms with van der Waals surface area (Å²) in [6.45, 7) is 1.94. The highest BCUT2D eigenvalue weighted by Crippen LogP contribution is 2.26. The lowest BCUT2D eigenvalue weighted by atomic mass is 9.90. The van der Waals surface area contributed by atoms with Gasteiger partial charge in [-0.2, -0.15) is 0 Å². The molecule has 1 aromatic rings. The number of nitrogens with zero attached hydrogens (tertiary/aromatic N) is 1. The van der Waals surface area contributed by atoms with Crippen LogP contribution in [0.25, 0.3) is 0 Å². The lowest BCUT2D eigenvalue weighted by Gasteiger charge is -2.30. The molecule has 98 valence electrons. The van der Waals surface area contributed by atoms with Crippen LogP contribution in [0.2, 0.25) is 0 Å². The third kappa shape index (κ3) is 2.79. The third-order valence-electron chi connectivity index (χ3n) is 3.59. The van der Waals surface area contributed by atoms with Gasteiger partial charge in [-0.25, -0.2) is 0 Å². The number of anilines is 1. The van der Waals surface area contributed by atoms with E-state index < -0.39 is 0 Å². The van der Waals surface area contributed by atoms with Gasteiger partial charge in [0.1, 0.15) is 0 Å². The second-order valence-corrected chi connectivity index (χ2v) is 4.96. The van der Waals surface area contributed by atoms with Crippen molar-refractivity contribution >= 4 is 11.4 Å². The maximum atomic E-state index is 10.8. The molecule has 0 aromatic heterocycles. The highest BCUT2D eigenvalue weighted by Gasteiger charge is 2.22. The SMILES string of the molecule is Cc1ccc([N+](=O)[O-])cc1N[C@@H]1CCCC[C@H]1N. The molecule has 2 atom stereocenters. The molecule has 0 radical (unpaired) electrons. The molecule has 1 saturated carbocycles. The monoisotopic (exact) mass is 249 g/mol. The molecule has 0 aliphatic heterocycles. The van der Waals surface area contributed by atoms with E-state index in [1.54, 1.807) is 12.1 Å². The van der Waals surface area contributed by atoms with Crippen LogP contribution in [0.5, 0.6) is 0 Å². The molecular formula is C13H19N3O2. The van der Waals surface area contributed by atoms with Crippen LogP contribution in [0.1, 0.15) is 31.2 Å². The number of aryl methyl sites for hydroxylation is 1. The Kier molecular flexibility index (Phi) is 3.81. The normalized spacial score (nSPS) is 23.7. The third-order valence-corrected chi connectivity index (χ3v) is 3.59. The Hall–Kier alpha value is -1.62. The van der Waals surface area contributed by atoms with Gasteiger partial charge in [0.25, 0.3) is 5.69 Å². The minimum absolute atomic E-state index is 0.118. The lowest BCUT2D eigenvalue weighted by Crippen LogP contribution is -2.42. The maximum Gasteiger partial charge on any atom is 0.271 e. The van der Waals surface area contributed by atoms with E-state index in [9.17, 15) is 10.1 Å². The Morgan fingerprint density at radius 3 is 2.78 bits per heavy atom. The van der Waals surface area contributed by atoms with Crippen molar-refractivity contribution in [3.8, 4) is 0 Å². The number of benzene rings is 1. The Bertz CT molecular complexity index is 448. The highest BCUT2D eigenvalue weighted by molar-refractivity contribution is 5.57. The van der Waals surface area contributed by atoms with Gasteiger partial charge < -0.3 is 11.1 Å². The van der Waals surface area contributed by atoms with E-state index in [4.69, 9.17) is 5.73 Å². The van der Waals surface area contributed by atoms with E-state index in [0.717, 1.165) is 24.1 Å². The molecule has 0 bridgehead atoms. The molecule has 0 spiro atoms. The molecule has 0 saturated heterocycles. The van der Waals surface area contributed by atoms with Gasteiger partial charge >= 0.3 is 0 Å². The molecular weight excluding hydrogens is 230 g/mol. The van der Waals surface area contributed by atoms with Crippen LogP contribution in [0.3, 0.4) is 0 Å². The molecule has 1 aromatic carbocycles. The Labute approximate surface area is 107 Å². The quantitative estimate of drug-likeness (QED) is 0.637. The zero-order valence-corrected chi connectivity index (χ0v) is 10.6. The van der Waals surface area contributed by atoms with Crippen molar-refractivity contribution in [2.75, 3.05) is 5.32 Å². The van der Waals surface area contributed by atoms with Gasteiger partial charge in [0.05, 0.1) is 4.92 Å². The lowest BCUT2D eigenvalue weighted by molar-refractivity contribution is -0.384. The standard InChI is InChI=1S/C13H19N3O2/c1-9-6-7-10(16(17)18)8-13(9)15-12-5-3-2-4-11(12)14/h6-8,11-12,15H,2-5,14H2,1H3/t11-,12-/m1/s1. The zero-order chi connectivity index (χ0) is 13.1. The van der Waals surface area contributed by atoms with E-state index >= 15 is 0 Å². The largest absolute Gasteiger partial charge is 0.380 e. The van der Waals surface area contributed by atoms with Crippen LogP contribution in [-0.2, 0) is 0 Å². The van der Waals surface area contributed by atoms with Gasteiger partial charge in [-0.3, -0.25) is 10.1 Å². The Morgan fingerprint density at radius 2 is 2.11 bits per heavy atom. The van der Waals surface area contributed by atoms with Crippen molar-refractivity contribution in [2.45, 2.75) is 44.7 Å². The topological polar surface area (TPSA) is 81.2 Å². The van der Waals surface area contributed by atoms with E-state index in [2.05, 4.69) is 5.32 Å². The van der Waals surface area contributed by atoms with Crippen LogP contribution in [0.4, 0.5) is 11.4 Å². The summed E-state index contributed by atoms with van der Waals surface area (Å²) in [7, 11) is 0. The van der Waals surface area contributed by atoms with Crippen molar-refractivity contribution in [1.29, 1.82) is 0 Å². The van der Waals surface area contributed by atoms with Crippen molar-refractivity contribution in [2.24, 2.45) is 5.73 Å². The van der Waals surface area contributed by atoms with E-state index in [0.29, 0.717) is 0 Å². The summed E-state index contributed by atoms with van der Waals surface area (Å²) in [4.78, 5) is 10.4. The fraction of sp³-hybridized carbons (Fsp3) is 0.538. The van der Waals surface area contributed by atoms with Gasteiger partial charge in [-0.05, 0) is 25.3 Å². The van der Waals surface area contributed by atoms with E-state index in [-0.39, 0.29) is 22.7 Å². The highest BCUT2D eigenvalue weighted by atomic mass is 16.6. The number of nitrogens with one attached hydrogen (secondary N) is 1. The molecule has 1 aliphatic carbocycles. The molecule has 0 amide bonds. The number of hydrogen-bond acceptors (Lipinski definition) is 4. The van der Waals surface area contributed by atoms with Crippen LogP contribution in [0, 0.1) is 17.0 Å². The first-order chi connectivity index (χ1) is 8.58. The second kappa shape index (κ2) is 5.35. The van der Waals surface area contributed by atoms with Crippen LogP contribution < -0.4 is 11.1 Å². The molecule has 0 heterocycles. The van der Waals surface area contributed by atoms with Gasteiger partial charge in [0.15, 0.2) is 0 Å². The molecule has 5 nitrogen and oxygen atoms in total. The summed E-state index contributed by atoms with van der Waals surface area (Å²) in [5.41, 5.74) is 8.03. The van der Waals surface area contributed by atoms with Crippen molar-refractivity contribution in [3.05, 3.63) is 33.9 Å². The number of nitro groups is 1. The molecule has 0 unspecified atom stereocenters. The molecule has 5 heteroatoms. The summed E-state index contributed by atoms with van der Waals surface area (Å²) in [5.74, 6) is 0. The summed E-state index contributed by atoms with van der Waals surface area (Å²) in [6.07, 6.45) is 4.39. The number of nitro benzene ring substituents is 1. The van der Waals surface area contributed by atoms with E-state index in [1.165, 1.54) is 18.9 Å². The van der Waals surface area contributed by atoms with Crippen LogP contribution in [-0.4, -0.2) is 17.0 Å². The molecule has 18 heavy (non-hydrogen) atoms. The summed E-state index contributed by atoms with van der Waals surface area (Å²) in [6, 6.07) is 5.25. The van der Waals surface area contributed by atoms with Crippen LogP contribution in [0.15, 0.2) is 18.2 Å². The van der Waals surface area contributed by atoms with Gasteiger partial charge in [0, 0.05) is 29.9 Å². The van der Waals surface area contributed by atoms with Crippen molar-refractivity contribution < 1.29 is 4.92 Å². The zero-order valence-electron chi connectivity index (χ0n) is 10.6. The Morgan fingerprint density at radius 1 is 1.39 bits per heavy atom. The van der Waals surface area contributed by atoms with Crippen molar-refractivity contribution in [1.82, 2.24) is 0 Å². The first kappa shape index (κ1) is 12.8. The van der Waals surface area contributed by atoms with Crippen LogP contribution >= 0.6 is 0 Å². The first-order valence-electron chi connectivity index (χ1n) is 6.35. The maximum absolute atomic E-state index is 10.8. The predicted octanol–water partition coefficient (Wildman–Crippen LogP) is 2.59. The summed E-state index contributed by atoms with van der Waals surface area (Å²) in [5, 5.41) is 14.1. The summed E-state index contributed by atoms with van der Waals surface area (Å²) >= 11 is 0. The van der Waals surface area contributed by atoms with E-state index in [1.807, 2.05) is 6.92 Å². The smallest absolute Gasteiger partial charge is 0.271 e. The van der Waals surface area contributed by atoms with Gasteiger partial charge in [0.2, 0.25) is 0 Å². The minimum Gasteiger partial charge on any atom is -0.380 e. The number of rotatable bonds is 3. The number of hydrogen-bond donors (Lipinski definition) is 2. The fourth-order valence-corrected chi connectivity index (χ4v) is 2.42. The predicted molar refractivity (Wildman–Crippen MR) is 71.7 cm³/mol. The average molecular weight is 249 g/mol.